The first-order chi connectivity index (χ1) is 8.94. The molecule has 2 heterocycles. The average molecular weight is 331 g/mol. The maximum absolute atomic E-state index is 13.9. The average Bonchev–Trinajstić information content (AvgIpc) is 2.39. The van der Waals surface area contributed by atoms with Crippen LogP contribution in [0, 0.1) is 5.82 Å². The maximum Gasteiger partial charge on any atom is 0.166 e. The van der Waals surface area contributed by atoms with E-state index in [2.05, 4.69) is 39.7 Å². The highest BCUT2D eigenvalue weighted by atomic mass is 79.9. The lowest BCUT2D eigenvalue weighted by molar-refractivity contribution is 0.118. The van der Waals surface area contributed by atoms with Crippen molar-refractivity contribution in [3.8, 4) is 0 Å². The summed E-state index contributed by atoms with van der Waals surface area (Å²) in [6, 6.07) is 1.46. The van der Waals surface area contributed by atoms with Gasteiger partial charge in [-0.15, -0.1) is 0 Å². The predicted octanol–water partition coefficient (Wildman–Crippen LogP) is 1.84. The van der Waals surface area contributed by atoms with Gasteiger partial charge in [-0.3, -0.25) is 4.90 Å². The molecule has 1 aromatic rings. The molecule has 0 radical (unpaired) electrons. The number of halogens is 2. The molecular weight excluding hydrogens is 311 g/mol. The number of aromatic nitrogens is 1. The number of piperazine rings is 1. The third-order valence-electron chi connectivity index (χ3n) is 3.72. The van der Waals surface area contributed by atoms with Gasteiger partial charge in [0, 0.05) is 48.9 Å². The second-order valence-corrected chi connectivity index (χ2v) is 6.37. The van der Waals surface area contributed by atoms with Gasteiger partial charge >= 0.3 is 0 Å². The van der Waals surface area contributed by atoms with E-state index in [9.17, 15) is 4.39 Å². The summed E-state index contributed by atoms with van der Waals surface area (Å²) in [5, 5.41) is 0. The van der Waals surface area contributed by atoms with Crippen LogP contribution in [-0.2, 0) is 0 Å². The van der Waals surface area contributed by atoms with E-state index in [1.165, 1.54) is 6.07 Å². The van der Waals surface area contributed by atoms with Crippen molar-refractivity contribution in [3.63, 3.8) is 0 Å². The van der Waals surface area contributed by atoms with Gasteiger partial charge < -0.3 is 10.6 Å². The third kappa shape index (κ3) is 3.24. The summed E-state index contributed by atoms with van der Waals surface area (Å²) in [6.07, 6.45) is 1.63. The smallest absolute Gasteiger partial charge is 0.166 e. The SMILES string of the molecule is CC(C)(CN)N1CCN(c2ncc(Br)cc2F)CC1. The first kappa shape index (κ1) is 14.7. The minimum atomic E-state index is -0.277. The quantitative estimate of drug-likeness (QED) is 0.918. The Morgan fingerprint density at radius 2 is 2.00 bits per heavy atom. The molecule has 0 aliphatic carbocycles. The van der Waals surface area contributed by atoms with Crippen LogP contribution in [-0.4, -0.2) is 48.1 Å². The molecule has 2 N–H and O–H groups in total. The van der Waals surface area contributed by atoms with Crippen molar-refractivity contribution in [2.75, 3.05) is 37.6 Å². The van der Waals surface area contributed by atoms with Crippen molar-refractivity contribution in [3.05, 3.63) is 22.6 Å². The topological polar surface area (TPSA) is 45.4 Å². The molecule has 1 aromatic heterocycles. The van der Waals surface area contributed by atoms with E-state index in [1.54, 1.807) is 6.20 Å². The van der Waals surface area contributed by atoms with Crippen LogP contribution in [0.15, 0.2) is 16.7 Å². The highest BCUT2D eigenvalue weighted by Crippen LogP contribution is 2.23. The van der Waals surface area contributed by atoms with Crippen LogP contribution in [0.2, 0.25) is 0 Å². The van der Waals surface area contributed by atoms with Crippen LogP contribution in [0.1, 0.15) is 13.8 Å². The summed E-state index contributed by atoms with van der Waals surface area (Å²) < 4.78 is 14.5. The molecule has 1 fully saturated rings. The normalized spacial score (nSPS) is 17.8. The number of rotatable bonds is 3. The van der Waals surface area contributed by atoms with Gasteiger partial charge in [0.2, 0.25) is 0 Å². The minimum absolute atomic E-state index is 0.00220. The Kier molecular flexibility index (Phi) is 4.43. The van der Waals surface area contributed by atoms with E-state index >= 15 is 0 Å². The van der Waals surface area contributed by atoms with Crippen LogP contribution in [0.4, 0.5) is 10.2 Å². The summed E-state index contributed by atoms with van der Waals surface area (Å²) in [5.74, 6) is 0.161. The minimum Gasteiger partial charge on any atom is -0.352 e. The Labute approximate surface area is 121 Å². The van der Waals surface area contributed by atoms with Crippen LogP contribution in [0.3, 0.4) is 0 Å². The van der Waals surface area contributed by atoms with Gasteiger partial charge in [-0.2, -0.15) is 0 Å². The van der Waals surface area contributed by atoms with Gasteiger partial charge in [0.25, 0.3) is 0 Å². The van der Waals surface area contributed by atoms with E-state index in [0.717, 1.165) is 26.2 Å². The lowest BCUT2D eigenvalue weighted by Gasteiger charge is -2.43. The lowest BCUT2D eigenvalue weighted by Crippen LogP contribution is -2.57. The van der Waals surface area contributed by atoms with E-state index in [1.807, 2.05) is 4.90 Å². The van der Waals surface area contributed by atoms with Gasteiger partial charge in [0.05, 0.1) is 0 Å². The molecule has 0 bridgehead atoms. The molecule has 0 amide bonds. The summed E-state index contributed by atoms with van der Waals surface area (Å²) in [5.41, 5.74) is 5.79. The number of nitrogens with zero attached hydrogens (tertiary/aromatic N) is 3. The second kappa shape index (κ2) is 5.73. The van der Waals surface area contributed by atoms with E-state index < -0.39 is 0 Å². The predicted molar refractivity (Wildman–Crippen MR) is 78.8 cm³/mol. The van der Waals surface area contributed by atoms with Gasteiger partial charge in [0.15, 0.2) is 11.6 Å². The molecule has 6 heteroatoms. The number of pyridine rings is 1. The first-order valence-corrected chi connectivity index (χ1v) is 7.24. The summed E-state index contributed by atoms with van der Waals surface area (Å²) in [4.78, 5) is 8.51. The monoisotopic (exact) mass is 330 g/mol. The summed E-state index contributed by atoms with van der Waals surface area (Å²) in [7, 11) is 0. The van der Waals surface area contributed by atoms with Crippen molar-refractivity contribution in [1.82, 2.24) is 9.88 Å². The molecule has 0 aromatic carbocycles. The van der Waals surface area contributed by atoms with Crippen LogP contribution in [0.5, 0.6) is 0 Å². The molecule has 106 valence electrons. The Bertz CT molecular complexity index is 444. The van der Waals surface area contributed by atoms with Gasteiger partial charge in [0.1, 0.15) is 0 Å². The van der Waals surface area contributed by atoms with Crippen molar-refractivity contribution in [1.29, 1.82) is 0 Å². The Balaban J connectivity index is 2.04. The highest BCUT2D eigenvalue weighted by Gasteiger charge is 2.29. The molecule has 2 rings (SSSR count). The van der Waals surface area contributed by atoms with Crippen molar-refractivity contribution in [2.24, 2.45) is 5.73 Å². The highest BCUT2D eigenvalue weighted by molar-refractivity contribution is 9.10. The molecule has 0 spiro atoms. The molecule has 4 nitrogen and oxygen atoms in total. The number of nitrogens with two attached hydrogens (primary N) is 1. The third-order valence-corrected chi connectivity index (χ3v) is 4.16. The molecule has 0 atom stereocenters. The van der Waals surface area contributed by atoms with Crippen molar-refractivity contribution >= 4 is 21.7 Å². The zero-order chi connectivity index (χ0) is 14.0. The van der Waals surface area contributed by atoms with Crippen molar-refractivity contribution in [2.45, 2.75) is 19.4 Å². The maximum atomic E-state index is 13.9. The fourth-order valence-electron chi connectivity index (χ4n) is 2.29. The first-order valence-electron chi connectivity index (χ1n) is 6.45. The fourth-order valence-corrected chi connectivity index (χ4v) is 2.60. The Morgan fingerprint density at radius 3 is 2.53 bits per heavy atom. The number of hydrogen-bond acceptors (Lipinski definition) is 4. The van der Waals surface area contributed by atoms with Crippen LogP contribution < -0.4 is 10.6 Å². The fraction of sp³-hybridized carbons (Fsp3) is 0.615. The molecular formula is C13H20BrFN4. The van der Waals surface area contributed by atoms with E-state index in [0.29, 0.717) is 16.8 Å². The molecule has 0 saturated carbocycles. The second-order valence-electron chi connectivity index (χ2n) is 5.45. The molecule has 1 aliphatic rings. The van der Waals surface area contributed by atoms with Crippen LogP contribution >= 0.6 is 15.9 Å². The van der Waals surface area contributed by atoms with Gasteiger partial charge in [-0.1, -0.05) is 0 Å². The Hall–Kier alpha value is -0.720. The zero-order valence-corrected chi connectivity index (χ0v) is 13.0. The van der Waals surface area contributed by atoms with Crippen molar-refractivity contribution < 1.29 is 4.39 Å². The summed E-state index contributed by atoms with van der Waals surface area (Å²) >= 11 is 3.22. The zero-order valence-electron chi connectivity index (χ0n) is 11.4. The molecule has 0 unspecified atom stereocenters. The standard InChI is InChI=1S/C13H20BrFN4/c1-13(2,9-16)19-5-3-18(4-6-19)12-11(15)7-10(14)8-17-12/h7-8H,3-6,9,16H2,1-2H3. The number of anilines is 1. The van der Waals surface area contributed by atoms with Gasteiger partial charge in [-0.25, -0.2) is 9.37 Å². The van der Waals surface area contributed by atoms with Gasteiger partial charge in [-0.05, 0) is 35.8 Å². The van der Waals surface area contributed by atoms with Crippen LogP contribution in [0.25, 0.3) is 0 Å². The largest absolute Gasteiger partial charge is 0.352 e. The summed E-state index contributed by atoms with van der Waals surface area (Å²) in [6.45, 7) is 8.20. The molecule has 1 aliphatic heterocycles. The molecule has 1 saturated heterocycles. The van der Waals surface area contributed by atoms with E-state index in [4.69, 9.17) is 5.73 Å². The number of hydrogen-bond donors (Lipinski definition) is 1. The Morgan fingerprint density at radius 1 is 1.37 bits per heavy atom. The lowest BCUT2D eigenvalue weighted by atomic mass is 10.0. The molecule has 19 heavy (non-hydrogen) atoms. The van der Waals surface area contributed by atoms with E-state index in [-0.39, 0.29) is 11.4 Å².